The van der Waals surface area contributed by atoms with Crippen molar-refractivity contribution in [1.82, 2.24) is 4.98 Å². The number of aryl methyl sites for hydroxylation is 2. The first-order chi connectivity index (χ1) is 9.15. The summed E-state index contributed by atoms with van der Waals surface area (Å²) in [7, 11) is 0. The van der Waals surface area contributed by atoms with Crippen molar-refractivity contribution < 1.29 is 5.11 Å². The summed E-state index contributed by atoms with van der Waals surface area (Å²) >= 11 is 1.71. The van der Waals surface area contributed by atoms with Crippen molar-refractivity contribution in [2.24, 2.45) is 5.92 Å². The van der Waals surface area contributed by atoms with Gasteiger partial charge in [0.15, 0.2) is 0 Å². The lowest BCUT2D eigenvalue weighted by Crippen LogP contribution is -2.14. The number of rotatable bonds is 4. The molecule has 0 saturated heterocycles. The predicted molar refractivity (Wildman–Crippen MR) is 78.6 cm³/mol. The number of aliphatic hydroxyl groups is 1. The molecule has 3 atom stereocenters. The van der Waals surface area contributed by atoms with Gasteiger partial charge >= 0.3 is 0 Å². The molecular weight excluding hydrogens is 254 g/mol. The number of thiazole rings is 1. The van der Waals surface area contributed by atoms with Gasteiger partial charge in [-0.25, -0.2) is 4.98 Å². The summed E-state index contributed by atoms with van der Waals surface area (Å²) in [5.41, 5.74) is 2.46. The first-order valence-corrected chi connectivity index (χ1v) is 7.62. The highest BCUT2D eigenvalue weighted by atomic mass is 32.1. The van der Waals surface area contributed by atoms with E-state index in [9.17, 15) is 5.11 Å². The van der Waals surface area contributed by atoms with Crippen LogP contribution in [0.1, 0.15) is 33.5 Å². The van der Waals surface area contributed by atoms with Crippen molar-refractivity contribution in [2.45, 2.75) is 38.7 Å². The summed E-state index contributed by atoms with van der Waals surface area (Å²) in [5.74, 6) is 0.949. The fourth-order valence-corrected chi connectivity index (χ4v) is 3.66. The SMILES string of the molecule is Cc1nc(CC(O)C2CC2c2ccccc2)sc1C. The highest BCUT2D eigenvalue weighted by Crippen LogP contribution is 2.50. The molecule has 2 aromatic rings. The summed E-state index contributed by atoms with van der Waals surface area (Å²) in [6, 6.07) is 10.5. The molecule has 1 aliphatic carbocycles. The van der Waals surface area contributed by atoms with Crippen LogP contribution in [-0.4, -0.2) is 16.2 Å². The van der Waals surface area contributed by atoms with Crippen molar-refractivity contribution in [1.29, 1.82) is 0 Å². The molecular formula is C16H19NOS. The lowest BCUT2D eigenvalue weighted by molar-refractivity contribution is 0.149. The Balaban J connectivity index is 1.62. The van der Waals surface area contributed by atoms with Crippen LogP contribution < -0.4 is 0 Å². The first-order valence-electron chi connectivity index (χ1n) is 6.81. The summed E-state index contributed by atoms with van der Waals surface area (Å²) < 4.78 is 0. The van der Waals surface area contributed by atoms with E-state index in [1.54, 1.807) is 11.3 Å². The quantitative estimate of drug-likeness (QED) is 0.925. The Bertz CT molecular complexity index is 544. The standard InChI is InChI=1S/C16H19NOS/c1-10-11(2)19-16(17-10)9-15(18)14-8-13(14)12-6-4-3-5-7-12/h3-7,13-15,18H,8-9H2,1-2H3. The molecule has 0 aliphatic heterocycles. The number of aliphatic hydroxyl groups excluding tert-OH is 1. The molecule has 0 bridgehead atoms. The predicted octanol–water partition coefficient (Wildman–Crippen LogP) is 3.47. The van der Waals surface area contributed by atoms with Gasteiger partial charge in [0.1, 0.15) is 0 Å². The third-order valence-corrected chi connectivity index (χ3v) is 5.11. The minimum Gasteiger partial charge on any atom is -0.392 e. The van der Waals surface area contributed by atoms with Gasteiger partial charge in [0.25, 0.3) is 0 Å². The largest absolute Gasteiger partial charge is 0.392 e. The molecule has 1 aromatic carbocycles. The van der Waals surface area contributed by atoms with E-state index in [1.807, 2.05) is 13.0 Å². The lowest BCUT2D eigenvalue weighted by Gasteiger charge is -2.08. The summed E-state index contributed by atoms with van der Waals surface area (Å²) in [6.45, 7) is 4.12. The van der Waals surface area contributed by atoms with Gasteiger partial charge in [-0.1, -0.05) is 30.3 Å². The monoisotopic (exact) mass is 273 g/mol. The van der Waals surface area contributed by atoms with Gasteiger partial charge in [-0.3, -0.25) is 0 Å². The van der Waals surface area contributed by atoms with Gasteiger partial charge in [-0.2, -0.15) is 0 Å². The maximum absolute atomic E-state index is 10.3. The maximum atomic E-state index is 10.3. The lowest BCUT2D eigenvalue weighted by atomic mass is 10.1. The zero-order valence-corrected chi connectivity index (χ0v) is 12.2. The van der Waals surface area contributed by atoms with E-state index in [1.165, 1.54) is 10.4 Å². The van der Waals surface area contributed by atoms with E-state index in [0.29, 0.717) is 18.3 Å². The van der Waals surface area contributed by atoms with Crippen LogP contribution in [0.4, 0.5) is 0 Å². The Kier molecular flexibility index (Phi) is 3.42. The van der Waals surface area contributed by atoms with E-state index >= 15 is 0 Å². The molecule has 0 amide bonds. The molecule has 2 nitrogen and oxygen atoms in total. The van der Waals surface area contributed by atoms with Gasteiger partial charge < -0.3 is 5.11 Å². The van der Waals surface area contributed by atoms with Crippen molar-refractivity contribution in [3.63, 3.8) is 0 Å². The second kappa shape index (κ2) is 5.06. The second-order valence-electron chi connectivity index (χ2n) is 5.44. The van der Waals surface area contributed by atoms with E-state index in [4.69, 9.17) is 0 Å². The number of aromatic nitrogens is 1. The van der Waals surface area contributed by atoms with Crippen LogP contribution in [0.5, 0.6) is 0 Å². The first kappa shape index (κ1) is 12.8. The van der Waals surface area contributed by atoms with Crippen LogP contribution in [-0.2, 0) is 6.42 Å². The Morgan fingerprint density at radius 3 is 2.68 bits per heavy atom. The van der Waals surface area contributed by atoms with Crippen LogP contribution in [0.2, 0.25) is 0 Å². The van der Waals surface area contributed by atoms with Gasteiger partial charge in [-0.15, -0.1) is 11.3 Å². The average Bonchev–Trinajstić information content (AvgIpc) is 3.14. The second-order valence-corrected chi connectivity index (χ2v) is 6.73. The van der Waals surface area contributed by atoms with Crippen LogP contribution in [0.3, 0.4) is 0 Å². The van der Waals surface area contributed by atoms with Crippen LogP contribution in [0.25, 0.3) is 0 Å². The highest BCUT2D eigenvalue weighted by Gasteiger charge is 2.43. The Labute approximate surface area is 118 Å². The van der Waals surface area contributed by atoms with Gasteiger partial charge in [0.2, 0.25) is 0 Å². The smallest absolute Gasteiger partial charge is 0.0956 e. The van der Waals surface area contributed by atoms with Crippen LogP contribution >= 0.6 is 11.3 Å². The molecule has 1 N–H and O–H groups in total. The molecule has 0 radical (unpaired) electrons. The van der Waals surface area contributed by atoms with E-state index in [-0.39, 0.29) is 6.10 Å². The van der Waals surface area contributed by atoms with Crippen molar-refractivity contribution in [2.75, 3.05) is 0 Å². The molecule has 1 aliphatic rings. The summed E-state index contributed by atoms with van der Waals surface area (Å²) in [5, 5.41) is 11.4. The van der Waals surface area contributed by atoms with Crippen LogP contribution in [0.15, 0.2) is 30.3 Å². The number of nitrogens with zero attached hydrogens (tertiary/aromatic N) is 1. The zero-order valence-electron chi connectivity index (χ0n) is 11.3. The summed E-state index contributed by atoms with van der Waals surface area (Å²) in [6.07, 6.45) is 1.55. The van der Waals surface area contributed by atoms with E-state index in [2.05, 4.69) is 36.2 Å². The summed E-state index contributed by atoms with van der Waals surface area (Å²) in [4.78, 5) is 5.78. The van der Waals surface area contributed by atoms with Gasteiger partial charge in [-0.05, 0) is 37.7 Å². The molecule has 3 heteroatoms. The van der Waals surface area contributed by atoms with E-state index in [0.717, 1.165) is 17.1 Å². The third kappa shape index (κ3) is 2.72. The number of hydrogen-bond donors (Lipinski definition) is 1. The Morgan fingerprint density at radius 2 is 2.05 bits per heavy atom. The zero-order chi connectivity index (χ0) is 13.4. The molecule has 1 fully saturated rings. The van der Waals surface area contributed by atoms with Crippen LogP contribution in [0, 0.1) is 19.8 Å². The van der Waals surface area contributed by atoms with Gasteiger partial charge in [0.05, 0.1) is 16.8 Å². The Morgan fingerprint density at radius 1 is 1.32 bits per heavy atom. The fraction of sp³-hybridized carbons (Fsp3) is 0.438. The fourth-order valence-electron chi connectivity index (χ4n) is 2.68. The number of hydrogen-bond acceptors (Lipinski definition) is 3. The normalized spacial score (nSPS) is 23.3. The van der Waals surface area contributed by atoms with Crippen molar-refractivity contribution >= 4 is 11.3 Å². The topological polar surface area (TPSA) is 33.1 Å². The molecule has 3 unspecified atom stereocenters. The van der Waals surface area contributed by atoms with Crippen molar-refractivity contribution in [3.8, 4) is 0 Å². The minimum atomic E-state index is -0.254. The molecule has 0 spiro atoms. The molecule has 3 rings (SSSR count). The molecule has 1 heterocycles. The number of benzene rings is 1. The Hall–Kier alpha value is -1.19. The molecule has 100 valence electrons. The molecule has 1 saturated carbocycles. The minimum absolute atomic E-state index is 0.254. The average molecular weight is 273 g/mol. The molecule has 19 heavy (non-hydrogen) atoms. The third-order valence-electron chi connectivity index (χ3n) is 4.02. The van der Waals surface area contributed by atoms with Gasteiger partial charge in [0, 0.05) is 11.3 Å². The molecule has 1 aromatic heterocycles. The van der Waals surface area contributed by atoms with Crippen molar-refractivity contribution in [3.05, 3.63) is 51.5 Å². The highest BCUT2D eigenvalue weighted by molar-refractivity contribution is 7.11. The maximum Gasteiger partial charge on any atom is 0.0956 e. The van der Waals surface area contributed by atoms with E-state index < -0.39 is 0 Å².